The molecule has 4 rings (SSSR count). The van der Waals surface area contributed by atoms with E-state index in [4.69, 9.17) is 0 Å². The Balaban J connectivity index is 1.69. The van der Waals surface area contributed by atoms with E-state index in [-0.39, 0.29) is 0 Å². The Kier molecular flexibility index (Phi) is 2.82. The molecule has 0 spiro atoms. The molecule has 0 radical (unpaired) electrons. The SMILES string of the molecule is OC1CC2CCCCC2C2CCC3C=CCC3C12O. The highest BCUT2D eigenvalue weighted by atomic mass is 16.3. The van der Waals surface area contributed by atoms with Crippen LogP contribution in [-0.4, -0.2) is 21.9 Å². The second kappa shape index (κ2) is 4.33. The fourth-order valence-electron chi connectivity index (χ4n) is 6.00. The number of fused-ring (bicyclic) bond motifs is 5. The van der Waals surface area contributed by atoms with Crippen LogP contribution in [-0.2, 0) is 0 Å². The van der Waals surface area contributed by atoms with E-state index in [2.05, 4.69) is 12.2 Å². The third-order valence-electron chi connectivity index (χ3n) is 6.83. The second-order valence-corrected chi connectivity index (χ2v) is 7.47. The molecule has 19 heavy (non-hydrogen) atoms. The van der Waals surface area contributed by atoms with Crippen molar-refractivity contribution in [3.63, 3.8) is 0 Å². The van der Waals surface area contributed by atoms with Gasteiger partial charge in [-0.25, -0.2) is 0 Å². The molecule has 3 fully saturated rings. The van der Waals surface area contributed by atoms with E-state index in [1.54, 1.807) is 0 Å². The monoisotopic (exact) mass is 262 g/mol. The van der Waals surface area contributed by atoms with Gasteiger partial charge in [-0.15, -0.1) is 0 Å². The summed E-state index contributed by atoms with van der Waals surface area (Å²) in [7, 11) is 0. The second-order valence-electron chi connectivity index (χ2n) is 7.47. The van der Waals surface area contributed by atoms with Crippen molar-refractivity contribution in [3.8, 4) is 0 Å². The standard InChI is InChI=1S/C17H26O2/c18-16-10-12-4-1-2-6-13(12)15-9-8-11-5-3-7-14(11)17(15,16)19/h3,5,11-16,18-19H,1-2,4,6-10H2. The molecular weight excluding hydrogens is 236 g/mol. The van der Waals surface area contributed by atoms with Crippen LogP contribution in [0.3, 0.4) is 0 Å². The van der Waals surface area contributed by atoms with Gasteiger partial charge in [0.25, 0.3) is 0 Å². The van der Waals surface area contributed by atoms with Gasteiger partial charge in [-0.2, -0.15) is 0 Å². The first-order chi connectivity index (χ1) is 9.21. The van der Waals surface area contributed by atoms with Crippen LogP contribution in [0.15, 0.2) is 12.2 Å². The van der Waals surface area contributed by atoms with Crippen molar-refractivity contribution in [3.05, 3.63) is 12.2 Å². The molecule has 0 heterocycles. The van der Waals surface area contributed by atoms with E-state index in [9.17, 15) is 10.2 Å². The summed E-state index contributed by atoms with van der Waals surface area (Å²) in [5.41, 5.74) is -0.787. The zero-order valence-electron chi connectivity index (χ0n) is 11.7. The molecule has 2 N–H and O–H groups in total. The summed E-state index contributed by atoms with van der Waals surface area (Å²) >= 11 is 0. The minimum atomic E-state index is -0.787. The molecule has 7 atom stereocenters. The largest absolute Gasteiger partial charge is 0.390 e. The summed E-state index contributed by atoms with van der Waals surface area (Å²) in [5.74, 6) is 2.55. The highest BCUT2D eigenvalue weighted by Crippen LogP contribution is 2.58. The van der Waals surface area contributed by atoms with Gasteiger partial charge in [0.1, 0.15) is 0 Å². The Morgan fingerprint density at radius 3 is 2.74 bits per heavy atom. The average Bonchev–Trinajstić information content (AvgIpc) is 2.89. The first-order valence-corrected chi connectivity index (χ1v) is 8.28. The van der Waals surface area contributed by atoms with Gasteiger partial charge in [0.05, 0.1) is 11.7 Å². The van der Waals surface area contributed by atoms with E-state index < -0.39 is 11.7 Å². The summed E-state index contributed by atoms with van der Waals surface area (Å²) < 4.78 is 0. The molecule has 106 valence electrons. The summed E-state index contributed by atoms with van der Waals surface area (Å²) in [6.45, 7) is 0. The Morgan fingerprint density at radius 2 is 1.84 bits per heavy atom. The number of rotatable bonds is 0. The predicted molar refractivity (Wildman–Crippen MR) is 74.5 cm³/mol. The average molecular weight is 262 g/mol. The van der Waals surface area contributed by atoms with E-state index >= 15 is 0 Å². The van der Waals surface area contributed by atoms with E-state index in [0.717, 1.165) is 19.3 Å². The summed E-state index contributed by atoms with van der Waals surface area (Å²) in [4.78, 5) is 0. The molecule has 0 saturated heterocycles. The maximum atomic E-state index is 11.4. The van der Waals surface area contributed by atoms with E-state index in [1.165, 1.54) is 32.1 Å². The zero-order valence-corrected chi connectivity index (χ0v) is 11.7. The molecule has 3 saturated carbocycles. The Morgan fingerprint density at radius 1 is 1.00 bits per heavy atom. The normalized spacial score (nSPS) is 56.3. The van der Waals surface area contributed by atoms with E-state index in [1.807, 2.05) is 0 Å². The molecule has 2 nitrogen and oxygen atoms in total. The maximum absolute atomic E-state index is 11.4. The highest BCUT2D eigenvalue weighted by Gasteiger charge is 2.60. The van der Waals surface area contributed by atoms with Gasteiger partial charge < -0.3 is 10.2 Å². The zero-order chi connectivity index (χ0) is 13.0. The molecule has 0 aromatic carbocycles. The molecule has 7 unspecified atom stereocenters. The van der Waals surface area contributed by atoms with Crippen LogP contribution >= 0.6 is 0 Å². The third-order valence-corrected chi connectivity index (χ3v) is 6.83. The number of aliphatic hydroxyl groups excluding tert-OH is 1. The predicted octanol–water partition coefficient (Wildman–Crippen LogP) is 2.89. The van der Waals surface area contributed by atoms with Gasteiger partial charge in [0.15, 0.2) is 0 Å². The lowest BCUT2D eigenvalue weighted by Gasteiger charge is -2.58. The lowest BCUT2D eigenvalue weighted by molar-refractivity contribution is -0.224. The van der Waals surface area contributed by atoms with Crippen LogP contribution in [0.4, 0.5) is 0 Å². The van der Waals surface area contributed by atoms with Crippen molar-refractivity contribution >= 4 is 0 Å². The lowest BCUT2D eigenvalue weighted by Crippen LogP contribution is -2.64. The maximum Gasteiger partial charge on any atom is 0.0972 e. The van der Waals surface area contributed by atoms with Crippen molar-refractivity contribution in [2.24, 2.45) is 29.6 Å². The molecule has 4 aliphatic carbocycles. The van der Waals surface area contributed by atoms with Gasteiger partial charge >= 0.3 is 0 Å². The first-order valence-electron chi connectivity index (χ1n) is 8.28. The fraction of sp³-hybridized carbons (Fsp3) is 0.882. The van der Waals surface area contributed by atoms with Crippen molar-refractivity contribution in [1.82, 2.24) is 0 Å². The van der Waals surface area contributed by atoms with Gasteiger partial charge in [-0.3, -0.25) is 0 Å². The quantitative estimate of drug-likeness (QED) is 0.659. The molecule has 0 amide bonds. The molecule has 0 bridgehead atoms. The van der Waals surface area contributed by atoms with Gasteiger partial charge in [-0.1, -0.05) is 31.4 Å². The first kappa shape index (κ1) is 12.4. The van der Waals surface area contributed by atoms with Gasteiger partial charge in [0.2, 0.25) is 0 Å². The number of aliphatic hydroxyl groups is 2. The van der Waals surface area contributed by atoms with Crippen LogP contribution in [0.2, 0.25) is 0 Å². The van der Waals surface area contributed by atoms with Crippen LogP contribution < -0.4 is 0 Å². The fourth-order valence-corrected chi connectivity index (χ4v) is 6.00. The topological polar surface area (TPSA) is 40.5 Å². The number of hydrogen-bond acceptors (Lipinski definition) is 2. The lowest BCUT2D eigenvalue weighted by atomic mass is 9.50. The van der Waals surface area contributed by atoms with Gasteiger partial charge in [0, 0.05) is 5.92 Å². The van der Waals surface area contributed by atoms with Crippen molar-refractivity contribution in [2.45, 2.75) is 63.1 Å². The van der Waals surface area contributed by atoms with Crippen LogP contribution in [0.5, 0.6) is 0 Å². The summed E-state index contributed by atoms with van der Waals surface area (Å²) in [5, 5.41) is 22.1. The third kappa shape index (κ3) is 1.62. The van der Waals surface area contributed by atoms with E-state index in [0.29, 0.717) is 29.6 Å². The van der Waals surface area contributed by atoms with Crippen LogP contribution in [0, 0.1) is 29.6 Å². The minimum absolute atomic E-state index is 0.295. The minimum Gasteiger partial charge on any atom is -0.390 e. The summed E-state index contributed by atoms with van der Waals surface area (Å²) in [6, 6.07) is 0. The van der Waals surface area contributed by atoms with Gasteiger partial charge in [-0.05, 0) is 55.8 Å². The summed E-state index contributed by atoms with van der Waals surface area (Å²) in [6.07, 6.45) is 13.4. The van der Waals surface area contributed by atoms with Crippen molar-refractivity contribution in [2.75, 3.05) is 0 Å². The number of allylic oxidation sites excluding steroid dienone is 2. The molecule has 2 heteroatoms. The number of hydrogen-bond donors (Lipinski definition) is 2. The molecule has 0 aromatic heterocycles. The highest BCUT2D eigenvalue weighted by molar-refractivity contribution is 5.17. The Labute approximate surface area is 115 Å². The van der Waals surface area contributed by atoms with Crippen LogP contribution in [0.1, 0.15) is 51.4 Å². The molecule has 0 aliphatic heterocycles. The van der Waals surface area contributed by atoms with Crippen molar-refractivity contribution in [1.29, 1.82) is 0 Å². The molecule has 4 aliphatic rings. The molecular formula is C17H26O2. The Hall–Kier alpha value is -0.340. The molecule has 0 aromatic rings. The Bertz CT molecular complexity index is 391. The smallest absolute Gasteiger partial charge is 0.0972 e. The van der Waals surface area contributed by atoms with Crippen LogP contribution in [0.25, 0.3) is 0 Å². The van der Waals surface area contributed by atoms with Crippen molar-refractivity contribution < 1.29 is 10.2 Å².